The van der Waals surface area contributed by atoms with Gasteiger partial charge in [0.1, 0.15) is 6.04 Å². The molecular formula is C27H25NO4S. The monoisotopic (exact) mass is 459 g/mol. The molecule has 3 aromatic carbocycles. The minimum absolute atomic E-state index is 0.0683. The second kappa shape index (κ2) is 10.5. The van der Waals surface area contributed by atoms with E-state index in [4.69, 9.17) is 4.74 Å². The van der Waals surface area contributed by atoms with Crippen molar-refractivity contribution in [2.45, 2.75) is 23.6 Å². The van der Waals surface area contributed by atoms with Gasteiger partial charge in [-0.15, -0.1) is 0 Å². The van der Waals surface area contributed by atoms with E-state index in [0.29, 0.717) is 18.5 Å². The number of hydrogen-bond acceptors (Lipinski definition) is 5. The maximum atomic E-state index is 13.9. The maximum Gasteiger partial charge on any atom is 0.328 e. The molecule has 0 spiro atoms. The number of methoxy groups -OCH3 is 1. The quantitative estimate of drug-likeness (QED) is 0.507. The molecule has 2 atom stereocenters. The third kappa shape index (κ3) is 5.17. The lowest BCUT2D eigenvalue weighted by atomic mass is 9.90. The van der Waals surface area contributed by atoms with Crippen LogP contribution in [0.4, 0.5) is 0 Å². The first-order chi connectivity index (χ1) is 16.1. The number of likely N-dealkylation sites (tertiary alicyclic amines) is 1. The number of carbonyl (C=O) groups excluding carboxylic acids is 3. The van der Waals surface area contributed by atoms with Crippen molar-refractivity contribution in [3.63, 3.8) is 0 Å². The maximum absolute atomic E-state index is 13.9. The highest BCUT2D eigenvalue weighted by molar-refractivity contribution is 8.14. The Morgan fingerprint density at radius 3 is 1.88 bits per heavy atom. The number of esters is 1. The standard InChI is InChI=1S/C27H25NO4S/c1-32-26(30)23-17-22(33-27(31)21-15-9-4-10-16-21)18-28(23)25(29)24(19-11-5-2-6-12-19)20-13-7-3-8-14-20/h2-16,22-24H,17-18H2,1H3/t22-,23-/m0/s1. The summed E-state index contributed by atoms with van der Waals surface area (Å²) in [5.41, 5.74) is 2.32. The van der Waals surface area contributed by atoms with Crippen LogP contribution in [0.25, 0.3) is 0 Å². The molecule has 0 unspecified atom stereocenters. The van der Waals surface area contributed by atoms with Crippen molar-refractivity contribution >= 4 is 28.8 Å². The molecule has 0 radical (unpaired) electrons. The molecule has 0 saturated carbocycles. The molecule has 1 amide bonds. The van der Waals surface area contributed by atoms with Gasteiger partial charge in [0, 0.05) is 17.4 Å². The van der Waals surface area contributed by atoms with Crippen molar-refractivity contribution in [1.29, 1.82) is 0 Å². The molecule has 0 bridgehead atoms. The lowest BCUT2D eigenvalue weighted by Crippen LogP contribution is -2.43. The van der Waals surface area contributed by atoms with Crippen LogP contribution >= 0.6 is 11.8 Å². The summed E-state index contributed by atoms with van der Waals surface area (Å²) in [5, 5.41) is -0.265. The molecule has 1 aliphatic rings. The average Bonchev–Trinajstić information content (AvgIpc) is 3.29. The number of nitrogens with zero attached hydrogens (tertiary/aromatic N) is 1. The number of thioether (sulfide) groups is 1. The van der Waals surface area contributed by atoms with Crippen LogP contribution < -0.4 is 0 Å². The fourth-order valence-electron chi connectivity index (χ4n) is 4.21. The highest BCUT2D eigenvalue weighted by Gasteiger charge is 2.43. The van der Waals surface area contributed by atoms with Crippen LogP contribution in [0.3, 0.4) is 0 Å². The van der Waals surface area contributed by atoms with Crippen molar-refractivity contribution in [2.75, 3.05) is 13.7 Å². The lowest BCUT2D eigenvalue weighted by molar-refractivity contribution is -0.151. The first-order valence-corrected chi connectivity index (χ1v) is 11.7. The second-order valence-electron chi connectivity index (χ2n) is 7.91. The third-order valence-electron chi connectivity index (χ3n) is 5.82. The van der Waals surface area contributed by atoms with Crippen molar-refractivity contribution in [3.05, 3.63) is 108 Å². The van der Waals surface area contributed by atoms with Crippen LogP contribution in [0.5, 0.6) is 0 Å². The molecule has 1 fully saturated rings. The fourth-order valence-corrected chi connectivity index (χ4v) is 5.30. The molecule has 33 heavy (non-hydrogen) atoms. The van der Waals surface area contributed by atoms with Gasteiger partial charge >= 0.3 is 5.97 Å². The molecule has 0 aliphatic carbocycles. The summed E-state index contributed by atoms with van der Waals surface area (Å²) in [4.78, 5) is 40.9. The highest BCUT2D eigenvalue weighted by atomic mass is 32.2. The predicted octanol–water partition coefficient (Wildman–Crippen LogP) is 4.53. The Hall–Kier alpha value is -3.38. The zero-order valence-corrected chi connectivity index (χ0v) is 19.1. The molecule has 6 heteroatoms. The van der Waals surface area contributed by atoms with Gasteiger partial charge in [-0.3, -0.25) is 9.59 Å². The summed E-state index contributed by atoms with van der Waals surface area (Å²) in [6.07, 6.45) is 0.373. The van der Waals surface area contributed by atoms with Crippen LogP contribution in [0.15, 0.2) is 91.0 Å². The summed E-state index contributed by atoms with van der Waals surface area (Å²) in [6, 6.07) is 27.4. The number of ether oxygens (including phenoxy) is 1. The molecular weight excluding hydrogens is 434 g/mol. The third-order valence-corrected chi connectivity index (χ3v) is 6.94. The number of rotatable bonds is 6. The van der Waals surface area contributed by atoms with E-state index in [1.165, 1.54) is 18.9 Å². The lowest BCUT2D eigenvalue weighted by Gasteiger charge is -2.28. The highest BCUT2D eigenvalue weighted by Crippen LogP contribution is 2.35. The molecule has 1 heterocycles. The van der Waals surface area contributed by atoms with Crippen molar-refractivity contribution < 1.29 is 19.1 Å². The molecule has 168 valence electrons. The van der Waals surface area contributed by atoms with Crippen LogP contribution in [0.2, 0.25) is 0 Å². The number of amides is 1. The van der Waals surface area contributed by atoms with Gasteiger partial charge in [-0.2, -0.15) is 0 Å². The normalized spacial score (nSPS) is 17.7. The number of carbonyl (C=O) groups is 3. The van der Waals surface area contributed by atoms with E-state index < -0.39 is 17.9 Å². The van der Waals surface area contributed by atoms with Gasteiger partial charge in [-0.25, -0.2) is 4.79 Å². The Morgan fingerprint density at radius 1 is 0.848 bits per heavy atom. The Labute approximate surface area is 197 Å². The summed E-state index contributed by atoms with van der Waals surface area (Å²) in [6.45, 7) is 0.304. The van der Waals surface area contributed by atoms with E-state index in [9.17, 15) is 14.4 Å². The van der Waals surface area contributed by atoms with Gasteiger partial charge in [0.2, 0.25) is 11.0 Å². The SMILES string of the molecule is COC(=O)[C@@H]1C[C@H](SC(=O)c2ccccc2)CN1C(=O)C(c1ccccc1)c1ccccc1. The van der Waals surface area contributed by atoms with Gasteiger partial charge in [-0.05, 0) is 17.5 Å². The van der Waals surface area contributed by atoms with Crippen LogP contribution in [0, 0.1) is 0 Å². The van der Waals surface area contributed by atoms with Gasteiger partial charge in [0.15, 0.2) is 0 Å². The average molecular weight is 460 g/mol. The van der Waals surface area contributed by atoms with Gasteiger partial charge in [0.25, 0.3) is 0 Å². The molecule has 4 rings (SSSR count). The Morgan fingerprint density at radius 2 is 1.36 bits per heavy atom. The van der Waals surface area contributed by atoms with Gasteiger partial charge in [-0.1, -0.05) is 103 Å². The van der Waals surface area contributed by atoms with E-state index in [1.54, 1.807) is 17.0 Å². The van der Waals surface area contributed by atoms with Crippen LogP contribution in [-0.2, 0) is 14.3 Å². The minimum atomic E-state index is -0.724. The van der Waals surface area contributed by atoms with E-state index in [0.717, 1.165) is 11.1 Å². The Kier molecular flexibility index (Phi) is 7.25. The van der Waals surface area contributed by atoms with Crippen LogP contribution in [0.1, 0.15) is 33.8 Å². The molecule has 1 aliphatic heterocycles. The Balaban J connectivity index is 1.61. The molecule has 1 saturated heterocycles. The van der Waals surface area contributed by atoms with E-state index in [2.05, 4.69) is 0 Å². The first kappa shape index (κ1) is 22.8. The topological polar surface area (TPSA) is 63.7 Å². The van der Waals surface area contributed by atoms with Crippen LogP contribution in [-0.4, -0.2) is 46.8 Å². The summed E-state index contributed by atoms with van der Waals surface area (Å²) >= 11 is 1.18. The molecule has 0 N–H and O–H groups in total. The Bertz CT molecular complexity index is 1070. The zero-order valence-electron chi connectivity index (χ0n) is 18.3. The number of hydrogen-bond donors (Lipinski definition) is 0. The van der Waals surface area contributed by atoms with Gasteiger partial charge < -0.3 is 9.64 Å². The van der Waals surface area contributed by atoms with E-state index in [1.807, 2.05) is 78.9 Å². The summed E-state index contributed by atoms with van der Waals surface area (Å²) in [7, 11) is 1.33. The molecule has 5 nitrogen and oxygen atoms in total. The summed E-state index contributed by atoms with van der Waals surface area (Å²) < 4.78 is 5.02. The molecule has 3 aromatic rings. The van der Waals surface area contributed by atoms with E-state index >= 15 is 0 Å². The molecule has 0 aromatic heterocycles. The summed E-state index contributed by atoms with van der Waals surface area (Å²) in [5.74, 6) is -1.18. The van der Waals surface area contributed by atoms with Crippen molar-refractivity contribution in [2.24, 2.45) is 0 Å². The zero-order chi connectivity index (χ0) is 23.2. The van der Waals surface area contributed by atoms with E-state index in [-0.39, 0.29) is 16.3 Å². The van der Waals surface area contributed by atoms with Crippen molar-refractivity contribution in [1.82, 2.24) is 4.90 Å². The smallest absolute Gasteiger partial charge is 0.328 e. The van der Waals surface area contributed by atoms with Gasteiger partial charge in [0.05, 0.1) is 13.0 Å². The van der Waals surface area contributed by atoms with Crippen molar-refractivity contribution in [3.8, 4) is 0 Å². The minimum Gasteiger partial charge on any atom is -0.467 e. The largest absolute Gasteiger partial charge is 0.467 e. The second-order valence-corrected chi connectivity index (χ2v) is 9.19. The first-order valence-electron chi connectivity index (χ1n) is 10.8. The predicted molar refractivity (Wildman–Crippen MR) is 129 cm³/mol. The number of benzene rings is 3. The fraction of sp³-hybridized carbons (Fsp3) is 0.222.